The summed E-state index contributed by atoms with van der Waals surface area (Å²) in [5.41, 5.74) is 5.90. The van der Waals surface area contributed by atoms with Crippen molar-refractivity contribution in [3.63, 3.8) is 0 Å². The molecular weight excluding hydrogens is 360 g/mol. The quantitative estimate of drug-likeness (QED) is 0.882. The van der Waals surface area contributed by atoms with Crippen LogP contribution in [0.1, 0.15) is 20.3 Å². The zero-order chi connectivity index (χ0) is 17.5. The molecule has 2 N–H and O–H groups in total. The van der Waals surface area contributed by atoms with Gasteiger partial charge in [-0.15, -0.1) is 12.4 Å². The molecule has 0 amide bonds. The molecule has 0 bridgehead atoms. The molecule has 2 aromatic carbocycles. The molecule has 0 saturated carbocycles. The summed E-state index contributed by atoms with van der Waals surface area (Å²) in [5.74, 6) is 0.672. The van der Waals surface area contributed by atoms with Crippen molar-refractivity contribution in [3.8, 4) is 5.75 Å². The third kappa shape index (κ3) is 3.49. The lowest BCUT2D eigenvalue weighted by Crippen LogP contribution is -2.53. The number of halogens is 1. The zero-order valence-corrected chi connectivity index (χ0v) is 16.4. The number of hydrogen-bond donors (Lipinski definition) is 1. The number of rotatable bonds is 3. The second kappa shape index (κ2) is 7.11. The number of piperidine rings is 1. The van der Waals surface area contributed by atoms with Crippen molar-refractivity contribution < 1.29 is 13.2 Å². The Balaban J connectivity index is 0.00000225. The zero-order valence-electron chi connectivity index (χ0n) is 14.7. The molecule has 0 spiro atoms. The number of benzene rings is 2. The molecule has 1 atom stereocenters. The minimum atomic E-state index is -3.59. The molecule has 0 aliphatic carbocycles. The summed E-state index contributed by atoms with van der Waals surface area (Å²) < 4.78 is 33.4. The van der Waals surface area contributed by atoms with Crippen LogP contribution in [0.5, 0.6) is 5.75 Å². The average molecular weight is 385 g/mol. The summed E-state index contributed by atoms with van der Waals surface area (Å²) in [4.78, 5) is 0.324. The lowest BCUT2D eigenvalue weighted by Gasteiger charge is -2.41. The number of nitrogens with two attached hydrogens (primary N) is 1. The lowest BCUT2D eigenvalue weighted by molar-refractivity contribution is 0.155. The highest BCUT2D eigenvalue weighted by molar-refractivity contribution is 7.89. The van der Waals surface area contributed by atoms with Gasteiger partial charge in [-0.25, -0.2) is 8.42 Å². The molecule has 7 heteroatoms. The van der Waals surface area contributed by atoms with Gasteiger partial charge in [0.2, 0.25) is 10.0 Å². The first-order chi connectivity index (χ1) is 11.3. The van der Waals surface area contributed by atoms with E-state index in [1.54, 1.807) is 23.5 Å². The van der Waals surface area contributed by atoms with Gasteiger partial charge in [-0.3, -0.25) is 0 Å². The Hall–Kier alpha value is -1.34. The number of ether oxygens (including phenoxy) is 1. The van der Waals surface area contributed by atoms with Crippen molar-refractivity contribution in [1.29, 1.82) is 0 Å². The van der Waals surface area contributed by atoms with Crippen molar-refractivity contribution in [1.82, 2.24) is 4.31 Å². The fraction of sp³-hybridized carbons (Fsp3) is 0.444. The Kier molecular flexibility index (Phi) is 5.68. The first-order valence-corrected chi connectivity index (χ1v) is 9.53. The van der Waals surface area contributed by atoms with Gasteiger partial charge in [0.1, 0.15) is 5.75 Å². The molecule has 5 nitrogen and oxygen atoms in total. The molecular formula is C18H25ClN2O3S. The summed E-state index contributed by atoms with van der Waals surface area (Å²) in [6, 6.07) is 10.8. The molecule has 1 aliphatic heterocycles. The van der Waals surface area contributed by atoms with E-state index in [0.717, 1.165) is 5.39 Å². The lowest BCUT2D eigenvalue weighted by atomic mass is 9.81. The molecule has 1 fully saturated rings. The van der Waals surface area contributed by atoms with Crippen LogP contribution in [-0.4, -0.2) is 39.0 Å². The number of hydrogen-bond acceptors (Lipinski definition) is 4. The molecule has 2 aromatic rings. The van der Waals surface area contributed by atoms with Gasteiger partial charge in [-0.05, 0) is 24.0 Å². The van der Waals surface area contributed by atoms with Crippen LogP contribution in [0, 0.1) is 5.41 Å². The molecule has 3 rings (SSSR count). The van der Waals surface area contributed by atoms with E-state index < -0.39 is 10.0 Å². The largest absolute Gasteiger partial charge is 0.496 e. The Morgan fingerprint density at radius 1 is 1.16 bits per heavy atom. The number of sulfonamides is 1. The molecule has 138 valence electrons. The van der Waals surface area contributed by atoms with Gasteiger partial charge in [0.05, 0.1) is 12.0 Å². The predicted octanol–water partition coefficient (Wildman–Crippen LogP) is 3.02. The molecule has 1 heterocycles. The maximum atomic E-state index is 13.2. The topological polar surface area (TPSA) is 72.6 Å². The van der Waals surface area contributed by atoms with Gasteiger partial charge in [-0.2, -0.15) is 4.31 Å². The maximum Gasteiger partial charge on any atom is 0.243 e. The van der Waals surface area contributed by atoms with E-state index >= 15 is 0 Å². The Morgan fingerprint density at radius 2 is 1.80 bits per heavy atom. The highest BCUT2D eigenvalue weighted by Crippen LogP contribution is 2.35. The third-order valence-electron chi connectivity index (χ3n) is 4.96. The summed E-state index contributed by atoms with van der Waals surface area (Å²) >= 11 is 0. The highest BCUT2D eigenvalue weighted by atomic mass is 35.5. The maximum absolute atomic E-state index is 13.2. The monoisotopic (exact) mass is 384 g/mol. The first kappa shape index (κ1) is 20.0. The Bertz CT molecular complexity index is 868. The SMILES string of the molecule is COc1ccc(S(=O)(=O)N2CCC(N)C(C)(C)C2)c2ccccc12.Cl. The van der Waals surface area contributed by atoms with Gasteiger partial charge >= 0.3 is 0 Å². The van der Waals surface area contributed by atoms with Crippen LogP contribution in [0.15, 0.2) is 41.3 Å². The summed E-state index contributed by atoms with van der Waals surface area (Å²) in [7, 11) is -2.00. The van der Waals surface area contributed by atoms with Crippen LogP contribution in [0.2, 0.25) is 0 Å². The number of fused-ring (bicyclic) bond motifs is 1. The minimum absolute atomic E-state index is 0. The normalized spacial score (nSPS) is 20.9. The second-order valence-corrected chi connectivity index (χ2v) is 8.94. The van der Waals surface area contributed by atoms with Crippen molar-refractivity contribution in [2.24, 2.45) is 11.1 Å². The molecule has 1 aliphatic rings. The van der Waals surface area contributed by atoms with Gasteiger partial charge in [0, 0.05) is 29.9 Å². The van der Waals surface area contributed by atoms with E-state index in [1.807, 2.05) is 38.1 Å². The first-order valence-electron chi connectivity index (χ1n) is 8.09. The van der Waals surface area contributed by atoms with E-state index in [2.05, 4.69) is 0 Å². The van der Waals surface area contributed by atoms with Gasteiger partial charge in [0.15, 0.2) is 0 Å². The van der Waals surface area contributed by atoms with E-state index in [1.165, 1.54) is 0 Å². The molecule has 0 radical (unpaired) electrons. The van der Waals surface area contributed by atoms with Crippen molar-refractivity contribution in [2.45, 2.75) is 31.2 Å². The molecule has 1 unspecified atom stereocenters. The summed E-state index contributed by atoms with van der Waals surface area (Å²) in [6.07, 6.45) is 0.667. The molecule has 1 saturated heterocycles. The standard InChI is InChI=1S/C18H24N2O3S.ClH/c1-18(2)12-20(11-10-17(18)19)24(21,22)16-9-8-15(23-3)13-6-4-5-7-14(13)16;/h4-9,17H,10-12,19H2,1-3H3;1H. The fourth-order valence-corrected chi connectivity index (χ4v) is 5.14. The van der Waals surface area contributed by atoms with Crippen LogP contribution in [0.3, 0.4) is 0 Å². The minimum Gasteiger partial charge on any atom is -0.496 e. The Morgan fingerprint density at radius 3 is 2.40 bits per heavy atom. The van der Waals surface area contributed by atoms with E-state index in [-0.39, 0.29) is 23.9 Å². The van der Waals surface area contributed by atoms with E-state index in [9.17, 15) is 8.42 Å². The van der Waals surface area contributed by atoms with Crippen LogP contribution < -0.4 is 10.5 Å². The van der Waals surface area contributed by atoms with Crippen LogP contribution >= 0.6 is 12.4 Å². The summed E-state index contributed by atoms with van der Waals surface area (Å²) in [5, 5.41) is 1.48. The van der Waals surface area contributed by atoms with Crippen LogP contribution in [0.25, 0.3) is 10.8 Å². The van der Waals surface area contributed by atoms with Crippen LogP contribution in [-0.2, 0) is 10.0 Å². The number of nitrogens with zero attached hydrogens (tertiary/aromatic N) is 1. The third-order valence-corrected chi connectivity index (χ3v) is 6.86. The fourth-order valence-electron chi connectivity index (χ4n) is 3.32. The van der Waals surface area contributed by atoms with Gasteiger partial charge in [-0.1, -0.05) is 38.1 Å². The smallest absolute Gasteiger partial charge is 0.243 e. The molecule has 25 heavy (non-hydrogen) atoms. The predicted molar refractivity (Wildman–Crippen MR) is 103 cm³/mol. The van der Waals surface area contributed by atoms with Crippen LogP contribution in [0.4, 0.5) is 0 Å². The van der Waals surface area contributed by atoms with Crippen molar-refractivity contribution in [3.05, 3.63) is 36.4 Å². The highest BCUT2D eigenvalue weighted by Gasteiger charge is 2.39. The number of methoxy groups -OCH3 is 1. The van der Waals surface area contributed by atoms with E-state index in [4.69, 9.17) is 10.5 Å². The Labute approximate surface area is 155 Å². The average Bonchev–Trinajstić information content (AvgIpc) is 2.56. The second-order valence-electron chi connectivity index (χ2n) is 7.03. The molecule has 0 aromatic heterocycles. The van der Waals surface area contributed by atoms with Gasteiger partial charge in [0.25, 0.3) is 0 Å². The van der Waals surface area contributed by atoms with Crippen molar-refractivity contribution >= 4 is 33.2 Å². The van der Waals surface area contributed by atoms with E-state index in [0.29, 0.717) is 35.5 Å². The van der Waals surface area contributed by atoms with Crippen molar-refractivity contribution in [2.75, 3.05) is 20.2 Å². The van der Waals surface area contributed by atoms with Gasteiger partial charge < -0.3 is 10.5 Å². The summed E-state index contributed by atoms with van der Waals surface area (Å²) in [6.45, 7) is 4.92.